The topological polar surface area (TPSA) is 38.7 Å². The van der Waals surface area contributed by atoms with Gasteiger partial charge in [0.1, 0.15) is 5.82 Å². The van der Waals surface area contributed by atoms with Crippen molar-refractivity contribution in [2.45, 2.75) is 0 Å². The summed E-state index contributed by atoms with van der Waals surface area (Å²) in [6.45, 7) is 0. The zero-order chi connectivity index (χ0) is 19.6. The lowest BCUT2D eigenvalue weighted by Gasteiger charge is -2.10. The Bertz CT molecular complexity index is 1240. The van der Waals surface area contributed by atoms with E-state index in [1.165, 1.54) is 6.07 Å². The molecule has 0 bridgehead atoms. The molecule has 0 aliphatic rings. The van der Waals surface area contributed by atoms with Crippen LogP contribution >= 0.6 is 0 Å². The molecule has 0 saturated carbocycles. The normalized spacial score (nSPS) is 10.9. The molecule has 1 aromatic heterocycles. The first kappa shape index (κ1) is 17.2. The Morgan fingerprint density at radius 3 is 1.52 bits per heavy atom. The van der Waals surface area contributed by atoms with Crippen molar-refractivity contribution in [3.8, 4) is 34.2 Å². The molecule has 29 heavy (non-hydrogen) atoms. The lowest BCUT2D eigenvalue weighted by Crippen LogP contribution is -2.00. The van der Waals surface area contributed by atoms with Crippen molar-refractivity contribution in [2.75, 3.05) is 0 Å². The van der Waals surface area contributed by atoms with Crippen LogP contribution in [0.5, 0.6) is 0 Å². The first-order valence-electron chi connectivity index (χ1n) is 9.34. The molecule has 138 valence electrons. The molecule has 0 saturated heterocycles. The summed E-state index contributed by atoms with van der Waals surface area (Å²) in [5.74, 6) is 1.43. The number of hydrogen-bond donors (Lipinski definition) is 0. The molecule has 5 aromatic rings. The first-order chi connectivity index (χ1) is 14.3. The summed E-state index contributed by atoms with van der Waals surface area (Å²) in [6, 6.07) is 30.2. The van der Waals surface area contributed by atoms with Crippen LogP contribution in [0, 0.1) is 5.82 Å². The fourth-order valence-corrected chi connectivity index (χ4v) is 3.39. The molecule has 0 aliphatic heterocycles. The van der Waals surface area contributed by atoms with Crippen molar-refractivity contribution in [3.05, 3.63) is 103 Å². The molecule has 0 radical (unpaired) electrons. The fraction of sp³-hybridized carbons (Fsp3) is 0. The predicted octanol–water partition coefficient (Wildman–Crippen LogP) is 6.16. The van der Waals surface area contributed by atoms with Crippen LogP contribution in [0.4, 0.5) is 4.39 Å². The van der Waals surface area contributed by atoms with Gasteiger partial charge in [0.2, 0.25) is 0 Å². The van der Waals surface area contributed by atoms with Crippen LogP contribution in [-0.4, -0.2) is 15.0 Å². The van der Waals surface area contributed by atoms with E-state index in [1.54, 1.807) is 12.1 Å². The van der Waals surface area contributed by atoms with Crippen LogP contribution in [0.3, 0.4) is 0 Å². The fourth-order valence-electron chi connectivity index (χ4n) is 3.39. The van der Waals surface area contributed by atoms with Crippen LogP contribution < -0.4 is 0 Å². The van der Waals surface area contributed by atoms with E-state index in [4.69, 9.17) is 15.0 Å². The van der Waals surface area contributed by atoms with Gasteiger partial charge >= 0.3 is 0 Å². The molecule has 4 aromatic carbocycles. The second-order valence-electron chi connectivity index (χ2n) is 6.68. The van der Waals surface area contributed by atoms with Gasteiger partial charge in [0, 0.05) is 22.1 Å². The maximum Gasteiger partial charge on any atom is 0.164 e. The quantitative estimate of drug-likeness (QED) is 0.378. The van der Waals surface area contributed by atoms with Gasteiger partial charge in [-0.3, -0.25) is 0 Å². The molecule has 0 unspecified atom stereocenters. The van der Waals surface area contributed by atoms with Crippen molar-refractivity contribution in [3.63, 3.8) is 0 Å². The van der Waals surface area contributed by atoms with Gasteiger partial charge in [-0.15, -0.1) is 0 Å². The minimum Gasteiger partial charge on any atom is -0.208 e. The standard InChI is InChI=1S/C25H16FN3/c26-22-16-15-21(19-13-7-8-14-20(19)22)25-28-23(17-9-3-1-4-10-17)27-24(29-25)18-11-5-2-6-12-18/h1-16H. The zero-order valence-electron chi connectivity index (χ0n) is 15.5. The Morgan fingerprint density at radius 2 is 0.931 bits per heavy atom. The number of fused-ring (bicyclic) bond motifs is 1. The van der Waals surface area contributed by atoms with Crippen molar-refractivity contribution in [2.24, 2.45) is 0 Å². The van der Waals surface area contributed by atoms with Gasteiger partial charge in [0.15, 0.2) is 17.5 Å². The SMILES string of the molecule is Fc1ccc(-c2nc(-c3ccccc3)nc(-c3ccccc3)n2)c2ccccc12. The summed E-state index contributed by atoms with van der Waals surface area (Å²) < 4.78 is 14.3. The van der Waals surface area contributed by atoms with Crippen LogP contribution in [-0.2, 0) is 0 Å². The van der Waals surface area contributed by atoms with Gasteiger partial charge in [-0.05, 0) is 17.5 Å². The molecule has 0 atom stereocenters. The summed E-state index contributed by atoms with van der Waals surface area (Å²) in [5, 5.41) is 1.32. The van der Waals surface area contributed by atoms with Crippen molar-refractivity contribution < 1.29 is 4.39 Å². The summed E-state index contributed by atoms with van der Waals surface area (Å²) in [5.41, 5.74) is 2.58. The second-order valence-corrected chi connectivity index (χ2v) is 6.68. The highest BCUT2D eigenvalue weighted by Crippen LogP contribution is 2.30. The molecule has 3 nitrogen and oxygen atoms in total. The molecule has 0 fully saturated rings. The second kappa shape index (κ2) is 7.24. The highest BCUT2D eigenvalue weighted by Gasteiger charge is 2.15. The molecular formula is C25H16FN3. The molecule has 0 spiro atoms. The zero-order valence-corrected chi connectivity index (χ0v) is 15.5. The largest absolute Gasteiger partial charge is 0.208 e. The number of aromatic nitrogens is 3. The Labute approximate surface area is 167 Å². The first-order valence-corrected chi connectivity index (χ1v) is 9.34. The summed E-state index contributed by atoms with van der Waals surface area (Å²) in [6.07, 6.45) is 0. The summed E-state index contributed by atoms with van der Waals surface area (Å²) in [4.78, 5) is 14.2. The lowest BCUT2D eigenvalue weighted by atomic mass is 10.0. The lowest BCUT2D eigenvalue weighted by molar-refractivity contribution is 0.640. The average molecular weight is 377 g/mol. The maximum absolute atomic E-state index is 14.3. The molecule has 5 rings (SSSR count). The number of rotatable bonds is 3. The van der Waals surface area contributed by atoms with Crippen molar-refractivity contribution in [1.82, 2.24) is 15.0 Å². The highest BCUT2D eigenvalue weighted by molar-refractivity contribution is 5.95. The van der Waals surface area contributed by atoms with Crippen LogP contribution in [0.25, 0.3) is 44.9 Å². The van der Waals surface area contributed by atoms with Crippen molar-refractivity contribution in [1.29, 1.82) is 0 Å². The van der Waals surface area contributed by atoms with E-state index in [1.807, 2.05) is 78.9 Å². The third kappa shape index (κ3) is 3.25. The smallest absolute Gasteiger partial charge is 0.164 e. The Hall–Kier alpha value is -3.92. The number of nitrogens with zero attached hydrogens (tertiary/aromatic N) is 3. The van der Waals surface area contributed by atoms with Crippen molar-refractivity contribution >= 4 is 10.8 Å². The third-order valence-electron chi connectivity index (χ3n) is 4.81. The maximum atomic E-state index is 14.3. The number of benzene rings is 4. The van der Waals surface area contributed by atoms with Gasteiger partial charge in [0.05, 0.1) is 0 Å². The van der Waals surface area contributed by atoms with Gasteiger partial charge in [-0.25, -0.2) is 19.3 Å². The Kier molecular flexibility index (Phi) is 4.30. The van der Waals surface area contributed by atoms with E-state index in [2.05, 4.69) is 0 Å². The molecule has 0 aliphatic carbocycles. The van der Waals surface area contributed by atoms with E-state index in [0.717, 1.165) is 22.1 Å². The van der Waals surface area contributed by atoms with E-state index < -0.39 is 0 Å². The number of halogens is 1. The molecule has 4 heteroatoms. The van der Waals surface area contributed by atoms with Crippen LogP contribution in [0.15, 0.2) is 97.1 Å². The van der Waals surface area contributed by atoms with E-state index in [-0.39, 0.29) is 5.82 Å². The Morgan fingerprint density at radius 1 is 0.448 bits per heavy atom. The molecule has 1 heterocycles. The Balaban J connectivity index is 1.79. The monoisotopic (exact) mass is 377 g/mol. The molecule has 0 amide bonds. The predicted molar refractivity (Wildman–Crippen MR) is 114 cm³/mol. The van der Waals surface area contributed by atoms with E-state index in [9.17, 15) is 4.39 Å². The minimum atomic E-state index is -0.259. The third-order valence-corrected chi connectivity index (χ3v) is 4.81. The van der Waals surface area contributed by atoms with E-state index >= 15 is 0 Å². The van der Waals surface area contributed by atoms with Crippen LogP contribution in [0.2, 0.25) is 0 Å². The minimum absolute atomic E-state index is 0.259. The summed E-state index contributed by atoms with van der Waals surface area (Å²) >= 11 is 0. The van der Waals surface area contributed by atoms with Crippen LogP contribution in [0.1, 0.15) is 0 Å². The van der Waals surface area contributed by atoms with Gasteiger partial charge in [-0.2, -0.15) is 0 Å². The van der Waals surface area contributed by atoms with Gasteiger partial charge in [-0.1, -0.05) is 84.9 Å². The van der Waals surface area contributed by atoms with Gasteiger partial charge in [0.25, 0.3) is 0 Å². The average Bonchev–Trinajstić information content (AvgIpc) is 2.80. The summed E-state index contributed by atoms with van der Waals surface area (Å²) in [7, 11) is 0. The highest BCUT2D eigenvalue weighted by atomic mass is 19.1. The number of hydrogen-bond acceptors (Lipinski definition) is 3. The molecular weight excluding hydrogens is 361 g/mol. The van der Waals surface area contributed by atoms with E-state index in [0.29, 0.717) is 22.9 Å². The van der Waals surface area contributed by atoms with Gasteiger partial charge < -0.3 is 0 Å². The molecule has 0 N–H and O–H groups in total.